The van der Waals surface area contributed by atoms with Crippen molar-refractivity contribution in [1.82, 2.24) is 0 Å². The molecule has 0 N–H and O–H groups in total. The summed E-state index contributed by atoms with van der Waals surface area (Å²) < 4.78 is 79.6. The average Bonchev–Trinajstić information content (AvgIpc) is 2.55. The second kappa shape index (κ2) is 7.87. The quantitative estimate of drug-likeness (QED) is 0.512. The largest absolute Gasteiger partial charge is 0.439 e. The van der Waals surface area contributed by atoms with Crippen LogP contribution in [0.2, 0.25) is 0 Å². The van der Waals surface area contributed by atoms with Gasteiger partial charge in [0.2, 0.25) is 0 Å². The molecule has 142 valence electrons. The third kappa shape index (κ3) is 5.28. The third-order valence-electron chi connectivity index (χ3n) is 4.73. The molecular weight excluding hydrogens is 346 g/mol. The van der Waals surface area contributed by atoms with Crippen molar-refractivity contribution in [3.8, 4) is 5.75 Å². The van der Waals surface area contributed by atoms with E-state index >= 15 is 0 Å². The van der Waals surface area contributed by atoms with E-state index in [-0.39, 0.29) is 0 Å². The first kappa shape index (κ1) is 19.9. The minimum atomic E-state index is -5.68. The third-order valence-corrected chi connectivity index (χ3v) is 4.73. The van der Waals surface area contributed by atoms with Crippen LogP contribution in [-0.2, 0) is 0 Å². The van der Waals surface area contributed by atoms with Crippen molar-refractivity contribution in [1.29, 1.82) is 0 Å². The van der Waals surface area contributed by atoms with Crippen LogP contribution in [-0.4, -0.2) is 18.5 Å². The van der Waals surface area contributed by atoms with Crippen molar-refractivity contribution in [3.63, 3.8) is 0 Å². The molecule has 0 aromatic heterocycles. The van der Waals surface area contributed by atoms with Crippen LogP contribution in [0.1, 0.15) is 56.9 Å². The highest BCUT2D eigenvalue weighted by molar-refractivity contribution is 5.30. The zero-order chi connectivity index (χ0) is 18.7. The molecule has 25 heavy (non-hydrogen) atoms. The van der Waals surface area contributed by atoms with Crippen LogP contribution in [0.25, 0.3) is 0 Å². The van der Waals surface area contributed by atoms with Gasteiger partial charge in [-0.1, -0.05) is 31.9 Å². The van der Waals surface area contributed by atoms with Gasteiger partial charge in [0.1, 0.15) is 5.75 Å². The summed E-state index contributed by atoms with van der Waals surface area (Å²) in [7, 11) is 0. The van der Waals surface area contributed by atoms with Gasteiger partial charge in [-0.25, -0.2) is 4.39 Å². The Balaban J connectivity index is 1.96. The van der Waals surface area contributed by atoms with E-state index < -0.39 is 24.2 Å². The predicted molar refractivity (Wildman–Crippen MR) is 82.6 cm³/mol. The zero-order valence-electron chi connectivity index (χ0n) is 14.0. The first-order valence-electron chi connectivity index (χ1n) is 8.51. The Kier molecular flexibility index (Phi) is 6.27. The fourth-order valence-corrected chi connectivity index (χ4v) is 3.40. The lowest BCUT2D eigenvalue weighted by molar-refractivity contribution is -0.304. The van der Waals surface area contributed by atoms with E-state index in [4.69, 9.17) is 0 Å². The predicted octanol–water partition coefficient (Wildman–Crippen LogP) is 6.63. The molecule has 1 nitrogen and oxygen atoms in total. The number of ether oxygens (including phenoxy) is 1. The molecule has 0 heterocycles. The SMILES string of the molecule is CCCC1CCC(c2ccc(OC(F)(F)C(F)C(F)(F)F)cc2)CC1. The highest BCUT2D eigenvalue weighted by Crippen LogP contribution is 2.39. The van der Waals surface area contributed by atoms with Crippen molar-refractivity contribution < 1.29 is 31.1 Å². The van der Waals surface area contributed by atoms with Crippen LogP contribution < -0.4 is 4.74 Å². The van der Waals surface area contributed by atoms with Crippen molar-refractivity contribution in [2.75, 3.05) is 0 Å². The maximum absolute atomic E-state index is 13.3. The van der Waals surface area contributed by atoms with Gasteiger partial charge in [-0.2, -0.15) is 22.0 Å². The maximum Gasteiger partial charge on any atom is 0.439 e. The summed E-state index contributed by atoms with van der Waals surface area (Å²) >= 11 is 0. The lowest BCUT2D eigenvalue weighted by atomic mass is 9.77. The number of rotatable bonds is 6. The molecule has 1 atom stereocenters. The Hall–Kier alpha value is -1.40. The number of hydrogen-bond acceptors (Lipinski definition) is 1. The molecule has 0 amide bonds. The second-order valence-corrected chi connectivity index (χ2v) is 6.64. The van der Waals surface area contributed by atoms with Gasteiger partial charge in [-0.3, -0.25) is 0 Å². The summed E-state index contributed by atoms with van der Waals surface area (Å²) in [5.74, 6) is 0.554. The molecule has 1 aliphatic carbocycles. The van der Waals surface area contributed by atoms with Crippen molar-refractivity contribution >= 4 is 0 Å². The van der Waals surface area contributed by atoms with Gasteiger partial charge < -0.3 is 4.74 Å². The number of benzene rings is 1. The van der Waals surface area contributed by atoms with E-state index in [2.05, 4.69) is 11.7 Å². The maximum atomic E-state index is 13.3. The van der Waals surface area contributed by atoms with Crippen LogP contribution >= 0.6 is 0 Å². The lowest BCUT2D eigenvalue weighted by Crippen LogP contribution is -2.45. The summed E-state index contributed by atoms with van der Waals surface area (Å²) in [6, 6.07) is 5.48. The Morgan fingerprint density at radius 3 is 2.04 bits per heavy atom. The monoisotopic (exact) mass is 368 g/mol. The first-order valence-corrected chi connectivity index (χ1v) is 8.51. The first-order chi connectivity index (χ1) is 11.6. The van der Waals surface area contributed by atoms with Crippen molar-refractivity contribution in [2.24, 2.45) is 5.92 Å². The molecule has 0 bridgehead atoms. The van der Waals surface area contributed by atoms with E-state index in [1.54, 1.807) is 12.1 Å². The smallest absolute Gasteiger partial charge is 0.430 e. The Bertz CT molecular complexity index is 531. The molecular formula is C18H22F6O. The van der Waals surface area contributed by atoms with Crippen LogP contribution in [0.4, 0.5) is 26.3 Å². The molecule has 7 heteroatoms. The normalized spacial score (nSPS) is 23.3. The molecule has 1 unspecified atom stereocenters. The van der Waals surface area contributed by atoms with Crippen molar-refractivity contribution in [2.45, 2.75) is 69.8 Å². The van der Waals surface area contributed by atoms with Gasteiger partial charge in [-0.05, 0) is 55.2 Å². The van der Waals surface area contributed by atoms with Crippen molar-refractivity contribution in [3.05, 3.63) is 29.8 Å². The molecule has 1 fully saturated rings. The highest BCUT2D eigenvalue weighted by atomic mass is 19.4. The number of halogens is 6. The fraction of sp³-hybridized carbons (Fsp3) is 0.667. The zero-order valence-corrected chi connectivity index (χ0v) is 14.0. The topological polar surface area (TPSA) is 9.23 Å². The molecule has 1 saturated carbocycles. The molecule has 0 aliphatic heterocycles. The number of alkyl halides is 6. The Morgan fingerprint density at radius 2 is 1.56 bits per heavy atom. The van der Waals surface area contributed by atoms with E-state index in [1.165, 1.54) is 18.6 Å². The van der Waals surface area contributed by atoms with Gasteiger partial charge in [0.25, 0.3) is 6.17 Å². The molecule has 2 rings (SSSR count). The summed E-state index contributed by atoms with van der Waals surface area (Å²) in [5.41, 5.74) is 0.943. The molecule has 0 saturated heterocycles. The second-order valence-electron chi connectivity index (χ2n) is 6.64. The minimum Gasteiger partial charge on any atom is -0.430 e. The van der Waals surface area contributed by atoms with Gasteiger partial charge >= 0.3 is 12.3 Å². The highest BCUT2D eigenvalue weighted by Gasteiger charge is 2.59. The average molecular weight is 368 g/mol. The van der Waals surface area contributed by atoms with Crippen LogP contribution in [0.5, 0.6) is 5.75 Å². The summed E-state index contributed by atoms with van der Waals surface area (Å²) in [6.07, 6.45) is -8.41. The van der Waals surface area contributed by atoms with E-state index in [0.29, 0.717) is 5.92 Å². The standard InChI is InChI=1S/C18H22F6O/c1-2-3-12-4-6-13(7-5-12)14-8-10-15(11-9-14)25-18(23,24)16(19)17(20,21)22/h8-13,16H,2-7H2,1H3. The van der Waals surface area contributed by atoms with Crippen LogP contribution in [0.15, 0.2) is 24.3 Å². The fourth-order valence-electron chi connectivity index (χ4n) is 3.40. The van der Waals surface area contributed by atoms with Crippen LogP contribution in [0, 0.1) is 5.92 Å². The van der Waals surface area contributed by atoms with Gasteiger partial charge in [0.05, 0.1) is 0 Å². The number of hydrogen-bond donors (Lipinski definition) is 0. The molecule has 1 aromatic rings. The summed E-state index contributed by atoms with van der Waals surface area (Å²) in [4.78, 5) is 0. The molecule has 1 aromatic carbocycles. The van der Waals surface area contributed by atoms with E-state index in [0.717, 1.165) is 43.6 Å². The van der Waals surface area contributed by atoms with Crippen LogP contribution in [0.3, 0.4) is 0 Å². The minimum absolute atomic E-state index is 0.312. The lowest BCUT2D eigenvalue weighted by Gasteiger charge is -2.29. The Morgan fingerprint density at radius 1 is 1.00 bits per heavy atom. The molecule has 0 spiro atoms. The Labute approximate surface area is 143 Å². The van der Waals surface area contributed by atoms with Gasteiger partial charge in [-0.15, -0.1) is 0 Å². The summed E-state index contributed by atoms with van der Waals surface area (Å²) in [6.45, 7) is 2.15. The summed E-state index contributed by atoms with van der Waals surface area (Å²) in [5, 5.41) is 0. The van der Waals surface area contributed by atoms with Gasteiger partial charge in [0.15, 0.2) is 0 Å². The van der Waals surface area contributed by atoms with E-state index in [9.17, 15) is 26.3 Å². The van der Waals surface area contributed by atoms with Gasteiger partial charge in [0, 0.05) is 0 Å². The van der Waals surface area contributed by atoms with E-state index in [1.807, 2.05) is 0 Å². The molecule has 1 aliphatic rings. The molecule has 0 radical (unpaired) electrons.